The van der Waals surface area contributed by atoms with Crippen LogP contribution in [0.3, 0.4) is 0 Å². The Labute approximate surface area is 130 Å². The first-order chi connectivity index (χ1) is 10.6. The van der Waals surface area contributed by atoms with Gasteiger partial charge in [-0.05, 0) is 29.0 Å². The van der Waals surface area contributed by atoms with Gasteiger partial charge in [-0.2, -0.15) is 0 Å². The fraction of sp³-hybridized carbons (Fsp3) is 0.167. The van der Waals surface area contributed by atoms with Gasteiger partial charge in [0.25, 0.3) is 0 Å². The molecule has 4 heteroatoms. The molecule has 0 aliphatic rings. The van der Waals surface area contributed by atoms with E-state index in [1.54, 1.807) is 0 Å². The third-order valence-corrected chi connectivity index (χ3v) is 3.85. The Bertz CT molecular complexity index is 774. The smallest absolute Gasteiger partial charge is 0.326 e. The van der Waals surface area contributed by atoms with Crippen LogP contribution >= 0.6 is 0 Å². The van der Waals surface area contributed by atoms with E-state index in [1.807, 2.05) is 80.5 Å². The number of aromatic amines is 1. The van der Waals surface area contributed by atoms with Gasteiger partial charge < -0.3 is 10.1 Å². The molecule has 3 rings (SSSR count). The van der Waals surface area contributed by atoms with E-state index >= 15 is 0 Å². The maximum atomic E-state index is 10.4. The van der Waals surface area contributed by atoms with Crippen LogP contribution < -0.4 is 9.63 Å². The van der Waals surface area contributed by atoms with Gasteiger partial charge in [-0.3, -0.25) is 0 Å². The van der Waals surface area contributed by atoms with E-state index in [0.29, 0.717) is 5.82 Å². The Morgan fingerprint density at radius 2 is 1.55 bits per heavy atom. The summed E-state index contributed by atoms with van der Waals surface area (Å²) in [5.41, 5.74) is 4.84. The van der Waals surface area contributed by atoms with Gasteiger partial charge in [0.1, 0.15) is 0 Å². The summed E-state index contributed by atoms with van der Waals surface area (Å²) < 4.78 is 1.22. The van der Waals surface area contributed by atoms with E-state index in [-0.39, 0.29) is 0 Å². The zero-order chi connectivity index (χ0) is 15.7. The molecule has 2 aromatic carbocycles. The number of H-pyrrole nitrogens is 1. The number of hydrogen-bond donors (Lipinski definition) is 2. The molecule has 0 saturated carbocycles. The van der Waals surface area contributed by atoms with E-state index < -0.39 is 0 Å². The van der Waals surface area contributed by atoms with Gasteiger partial charge in [-0.1, -0.05) is 30.3 Å². The van der Waals surface area contributed by atoms with Crippen LogP contribution in [0.4, 0.5) is 5.69 Å². The number of rotatable bonds is 3. The standard InChI is InChI=1S/C18H19N3O/c1-13-17(14-7-5-4-6-8-14)19-18(21(13)22)15-9-11-16(12-10-15)20(2)3/h4-12,22H,1-3H3/p+1. The molecule has 1 heterocycles. The van der Waals surface area contributed by atoms with Crippen LogP contribution in [0.2, 0.25) is 0 Å². The molecule has 0 aliphatic heterocycles. The summed E-state index contributed by atoms with van der Waals surface area (Å²) in [7, 11) is 4.01. The van der Waals surface area contributed by atoms with Gasteiger partial charge in [0.15, 0.2) is 11.4 Å². The average Bonchev–Trinajstić information content (AvgIpc) is 2.84. The third-order valence-electron chi connectivity index (χ3n) is 3.85. The van der Waals surface area contributed by atoms with Gasteiger partial charge in [-0.25, -0.2) is 4.98 Å². The number of hydrogen-bond acceptors (Lipinski definition) is 2. The van der Waals surface area contributed by atoms with Crippen molar-refractivity contribution in [3.05, 3.63) is 60.3 Å². The van der Waals surface area contributed by atoms with E-state index in [4.69, 9.17) is 0 Å². The van der Waals surface area contributed by atoms with Crippen molar-refractivity contribution < 1.29 is 9.94 Å². The summed E-state index contributed by atoms with van der Waals surface area (Å²) in [6.07, 6.45) is 0. The number of nitrogens with zero attached hydrogens (tertiary/aromatic N) is 2. The van der Waals surface area contributed by atoms with Crippen molar-refractivity contribution >= 4 is 5.69 Å². The molecule has 0 unspecified atom stereocenters. The van der Waals surface area contributed by atoms with Crippen molar-refractivity contribution in [2.24, 2.45) is 0 Å². The lowest BCUT2D eigenvalue weighted by molar-refractivity contribution is -0.899. The van der Waals surface area contributed by atoms with Crippen molar-refractivity contribution in [3.8, 4) is 22.6 Å². The minimum absolute atomic E-state index is 0.682. The van der Waals surface area contributed by atoms with Crippen LogP contribution in [-0.4, -0.2) is 24.3 Å². The SMILES string of the molecule is Cc1c(-c2ccccc2)[nH]c(-c2ccc(N(C)C)cc2)[n+]1O. The topological polar surface area (TPSA) is 43.1 Å². The second kappa shape index (κ2) is 5.56. The highest BCUT2D eigenvalue weighted by Gasteiger charge is 2.23. The van der Waals surface area contributed by atoms with Gasteiger partial charge in [-0.15, -0.1) is 0 Å². The molecule has 0 spiro atoms. The van der Waals surface area contributed by atoms with Crippen LogP contribution in [0.15, 0.2) is 54.6 Å². The van der Waals surface area contributed by atoms with Crippen LogP contribution in [0.5, 0.6) is 0 Å². The molecular weight excluding hydrogens is 274 g/mol. The largest absolute Gasteiger partial charge is 0.378 e. The molecule has 112 valence electrons. The monoisotopic (exact) mass is 294 g/mol. The minimum Gasteiger partial charge on any atom is -0.378 e. The van der Waals surface area contributed by atoms with E-state index in [2.05, 4.69) is 4.98 Å². The predicted octanol–water partition coefficient (Wildman–Crippen LogP) is 3.25. The van der Waals surface area contributed by atoms with Crippen LogP contribution in [0.1, 0.15) is 5.69 Å². The second-order valence-corrected chi connectivity index (χ2v) is 5.55. The lowest BCUT2D eigenvalue weighted by atomic mass is 10.1. The van der Waals surface area contributed by atoms with E-state index in [0.717, 1.165) is 28.2 Å². The van der Waals surface area contributed by atoms with Crippen molar-refractivity contribution in [2.45, 2.75) is 6.92 Å². The Hall–Kier alpha value is -2.75. The van der Waals surface area contributed by atoms with Crippen molar-refractivity contribution in [1.29, 1.82) is 0 Å². The normalized spacial score (nSPS) is 10.7. The summed E-state index contributed by atoms with van der Waals surface area (Å²) in [5.74, 6) is 0.682. The summed E-state index contributed by atoms with van der Waals surface area (Å²) >= 11 is 0. The van der Waals surface area contributed by atoms with Gasteiger partial charge in [0.05, 0.1) is 5.56 Å². The van der Waals surface area contributed by atoms with Crippen LogP contribution in [0, 0.1) is 6.92 Å². The molecule has 1 aromatic heterocycles. The first-order valence-corrected chi connectivity index (χ1v) is 7.25. The van der Waals surface area contributed by atoms with Gasteiger partial charge >= 0.3 is 5.82 Å². The fourth-order valence-corrected chi connectivity index (χ4v) is 2.53. The zero-order valence-corrected chi connectivity index (χ0v) is 13.0. The summed E-state index contributed by atoms with van der Waals surface area (Å²) in [6, 6.07) is 18.1. The Morgan fingerprint density at radius 3 is 2.14 bits per heavy atom. The Balaban J connectivity index is 2.05. The number of anilines is 1. The minimum atomic E-state index is 0.682. The molecule has 0 atom stereocenters. The summed E-state index contributed by atoms with van der Waals surface area (Å²) in [6.45, 7) is 1.90. The first kappa shape index (κ1) is 14.2. The highest BCUT2D eigenvalue weighted by atomic mass is 16.5. The molecule has 0 bridgehead atoms. The predicted molar refractivity (Wildman–Crippen MR) is 88.1 cm³/mol. The molecule has 0 aliphatic carbocycles. The Kier molecular flexibility index (Phi) is 3.59. The zero-order valence-electron chi connectivity index (χ0n) is 13.0. The lowest BCUT2D eigenvalue weighted by Crippen LogP contribution is -2.33. The number of imidazole rings is 1. The maximum Gasteiger partial charge on any atom is 0.326 e. The van der Waals surface area contributed by atoms with Crippen LogP contribution in [0.25, 0.3) is 22.6 Å². The van der Waals surface area contributed by atoms with Crippen molar-refractivity contribution in [3.63, 3.8) is 0 Å². The second-order valence-electron chi connectivity index (χ2n) is 5.55. The maximum absolute atomic E-state index is 10.4. The molecule has 4 nitrogen and oxygen atoms in total. The highest BCUT2D eigenvalue weighted by Crippen LogP contribution is 2.25. The van der Waals surface area contributed by atoms with E-state index in [9.17, 15) is 5.21 Å². The molecule has 0 radical (unpaired) electrons. The fourth-order valence-electron chi connectivity index (χ4n) is 2.53. The Morgan fingerprint density at radius 1 is 0.909 bits per heavy atom. The molecule has 0 fully saturated rings. The van der Waals surface area contributed by atoms with Crippen molar-refractivity contribution in [2.75, 3.05) is 19.0 Å². The summed E-state index contributed by atoms with van der Waals surface area (Å²) in [4.78, 5) is 5.38. The molecule has 2 N–H and O–H groups in total. The van der Waals surface area contributed by atoms with Gasteiger partial charge in [0.2, 0.25) is 0 Å². The highest BCUT2D eigenvalue weighted by molar-refractivity contribution is 5.65. The third kappa shape index (κ3) is 2.44. The molecular formula is C18H20N3O+. The van der Waals surface area contributed by atoms with Gasteiger partial charge in [0, 0.05) is 32.3 Å². The average molecular weight is 294 g/mol. The first-order valence-electron chi connectivity index (χ1n) is 7.25. The number of nitrogens with one attached hydrogen (secondary N) is 1. The molecule has 22 heavy (non-hydrogen) atoms. The molecule has 0 amide bonds. The van der Waals surface area contributed by atoms with Crippen LogP contribution in [-0.2, 0) is 0 Å². The lowest BCUT2D eigenvalue weighted by Gasteiger charge is -2.11. The molecule has 0 saturated heterocycles. The molecule has 3 aromatic rings. The van der Waals surface area contributed by atoms with E-state index in [1.165, 1.54) is 4.73 Å². The number of aromatic nitrogens is 2. The van der Waals surface area contributed by atoms with Crippen molar-refractivity contribution in [1.82, 2.24) is 4.98 Å². The number of benzene rings is 2. The quantitative estimate of drug-likeness (QED) is 0.575. The summed E-state index contributed by atoms with van der Waals surface area (Å²) in [5, 5.41) is 10.4.